The minimum atomic E-state index is -0.146. The minimum absolute atomic E-state index is 0.146. The van der Waals surface area contributed by atoms with Crippen molar-refractivity contribution in [1.29, 1.82) is 0 Å². The summed E-state index contributed by atoms with van der Waals surface area (Å²) in [7, 11) is 0. The van der Waals surface area contributed by atoms with Gasteiger partial charge in [0.05, 0.1) is 24.0 Å². The minimum Gasteiger partial charge on any atom is -0.465 e. The van der Waals surface area contributed by atoms with Gasteiger partial charge < -0.3 is 15.1 Å². The van der Waals surface area contributed by atoms with Gasteiger partial charge in [0.1, 0.15) is 11.5 Å². The molecule has 2 rings (SSSR count). The Balaban J connectivity index is 2.03. The first-order valence-corrected chi connectivity index (χ1v) is 6.22. The summed E-state index contributed by atoms with van der Waals surface area (Å²) in [6, 6.07) is 5.42. The number of carbonyl (C=O) groups excluding carboxylic acids is 1. The molecule has 19 heavy (non-hydrogen) atoms. The zero-order valence-corrected chi connectivity index (χ0v) is 11.1. The Morgan fingerprint density at radius 3 is 2.89 bits per heavy atom. The van der Waals surface area contributed by atoms with E-state index in [1.165, 1.54) is 0 Å². The largest absolute Gasteiger partial charge is 0.465 e. The molecule has 2 aromatic heterocycles. The quantitative estimate of drug-likeness (QED) is 0.865. The summed E-state index contributed by atoms with van der Waals surface area (Å²) in [4.78, 5) is 16.1. The van der Waals surface area contributed by atoms with Crippen molar-refractivity contribution in [2.75, 3.05) is 11.9 Å². The average molecular weight is 259 g/mol. The number of carbonyl (C=O) groups is 1. The van der Waals surface area contributed by atoms with Crippen molar-refractivity contribution < 1.29 is 9.21 Å². The van der Waals surface area contributed by atoms with E-state index < -0.39 is 0 Å². The predicted octanol–water partition coefficient (Wildman–Crippen LogP) is 2.34. The van der Waals surface area contributed by atoms with Crippen LogP contribution in [0.1, 0.15) is 28.8 Å². The summed E-state index contributed by atoms with van der Waals surface area (Å²) in [5, 5.41) is 5.94. The summed E-state index contributed by atoms with van der Waals surface area (Å²) in [5.41, 5.74) is 1.32. The second kappa shape index (κ2) is 6.04. The van der Waals surface area contributed by atoms with E-state index in [1.807, 2.05) is 26.0 Å². The lowest BCUT2D eigenvalue weighted by molar-refractivity contribution is 0.0948. The Hall–Kier alpha value is -2.30. The number of nitrogens with one attached hydrogen (secondary N) is 2. The number of hydrogen-bond donors (Lipinski definition) is 2. The van der Waals surface area contributed by atoms with E-state index in [0.29, 0.717) is 12.1 Å². The molecule has 1 amide bonds. The third-order valence-corrected chi connectivity index (χ3v) is 2.65. The van der Waals surface area contributed by atoms with Crippen molar-refractivity contribution in [3.05, 3.63) is 47.7 Å². The molecule has 0 saturated carbocycles. The Kier molecular flexibility index (Phi) is 4.18. The Morgan fingerprint density at radius 2 is 2.21 bits per heavy atom. The maximum Gasteiger partial charge on any atom is 0.253 e. The van der Waals surface area contributed by atoms with Crippen LogP contribution < -0.4 is 10.6 Å². The van der Waals surface area contributed by atoms with Gasteiger partial charge in [-0.1, -0.05) is 0 Å². The van der Waals surface area contributed by atoms with Crippen LogP contribution in [0.4, 0.5) is 5.69 Å². The van der Waals surface area contributed by atoms with Gasteiger partial charge in [-0.2, -0.15) is 0 Å². The van der Waals surface area contributed by atoms with E-state index in [0.717, 1.165) is 23.8 Å². The third kappa shape index (κ3) is 3.34. The molecule has 2 heterocycles. The van der Waals surface area contributed by atoms with Gasteiger partial charge in [0.15, 0.2) is 0 Å². The molecular weight excluding hydrogens is 242 g/mol. The number of rotatable bonds is 5. The number of anilines is 1. The maximum atomic E-state index is 12.1. The van der Waals surface area contributed by atoms with Crippen molar-refractivity contribution in [2.24, 2.45) is 0 Å². The molecule has 0 unspecified atom stereocenters. The van der Waals surface area contributed by atoms with Gasteiger partial charge in [-0.3, -0.25) is 9.78 Å². The molecule has 100 valence electrons. The molecule has 0 aliphatic rings. The first-order valence-electron chi connectivity index (χ1n) is 6.22. The molecule has 2 aromatic rings. The van der Waals surface area contributed by atoms with Crippen LogP contribution in [0.5, 0.6) is 0 Å². The van der Waals surface area contributed by atoms with Crippen molar-refractivity contribution in [1.82, 2.24) is 10.3 Å². The lowest BCUT2D eigenvalue weighted by Crippen LogP contribution is -2.23. The molecule has 0 aliphatic carbocycles. The van der Waals surface area contributed by atoms with Crippen LogP contribution in [0.2, 0.25) is 0 Å². The molecule has 0 spiro atoms. The van der Waals surface area contributed by atoms with Gasteiger partial charge in [-0.05, 0) is 32.0 Å². The average Bonchev–Trinajstić information content (AvgIpc) is 2.83. The number of nitrogens with zero attached hydrogens (tertiary/aromatic N) is 1. The number of amides is 1. The van der Waals surface area contributed by atoms with Gasteiger partial charge in [0.25, 0.3) is 5.91 Å². The lowest BCUT2D eigenvalue weighted by Gasteiger charge is -2.09. The van der Waals surface area contributed by atoms with Crippen molar-refractivity contribution in [3.8, 4) is 0 Å². The summed E-state index contributed by atoms with van der Waals surface area (Å²) < 4.78 is 5.40. The standard InChI is InChI=1S/C14H17N3O2/c1-3-16-13-9-15-7-6-12(13)14(18)17-8-11-5-4-10(2)19-11/h4-7,9,16H,3,8H2,1-2H3,(H,17,18). The molecule has 2 N–H and O–H groups in total. The van der Waals surface area contributed by atoms with Crippen LogP contribution in [0, 0.1) is 6.92 Å². The Labute approximate surface area is 112 Å². The van der Waals surface area contributed by atoms with Gasteiger partial charge in [0, 0.05) is 12.7 Å². The number of hydrogen-bond acceptors (Lipinski definition) is 4. The number of aryl methyl sites for hydroxylation is 1. The second-order valence-corrected chi connectivity index (χ2v) is 4.15. The van der Waals surface area contributed by atoms with E-state index in [2.05, 4.69) is 15.6 Å². The van der Waals surface area contributed by atoms with Crippen molar-refractivity contribution in [2.45, 2.75) is 20.4 Å². The smallest absolute Gasteiger partial charge is 0.253 e. The number of aromatic nitrogens is 1. The first kappa shape index (κ1) is 13.1. The first-order chi connectivity index (χ1) is 9.20. The topological polar surface area (TPSA) is 67.2 Å². The fourth-order valence-corrected chi connectivity index (χ4v) is 1.77. The van der Waals surface area contributed by atoms with Gasteiger partial charge in [-0.15, -0.1) is 0 Å². The maximum absolute atomic E-state index is 12.1. The van der Waals surface area contributed by atoms with Gasteiger partial charge >= 0.3 is 0 Å². The van der Waals surface area contributed by atoms with E-state index >= 15 is 0 Å². The molecule has 5 heteroatoms. The monoisotopic (exact) mass is 259 g/mol. The molecular formula is C14H17N3O2. The highest BCUT2D eigenvalue weighted by atomic mass is 16.3. The molecule has 0 aliphatic heterocycles. The Bertz CT molecular complexity index is 563. The molecule has 0 aromatic carbocycles. The molecule has 0 atom stereocenters. The van der Waals surface area contributed by atoms with Crippen LogP contribution in [-0.4, -0.2) is 17.4 Å². The summed E-state index contributed by atoms with van der Waals surface area (Å²) in [5.74, 6) is 1.43. The predicted molar refractivity (Wildman–Crippen MR) is 73.0 cm³/mol. The molecule has 0 saturated heterocycles. The molecule has 0 fully saturated rings. The van der Waals surface area contributed by atoms with Crippen LogP contribution in [0.15, 0.2) is 35.0 Å². The second-order valence-electron chi connectivity index (χ2n) is 4.15. The van der Waals surface area contributed by atoms with E-state index in [9.17, 15) is 4.79 Å². The summed E-state index contributed by atoms with van der Waals surface area (Å²) in [6.07, 6.45) is 3.25. The molecule has 0 bridgehead atoms. The number of furan rings is 1. The van der Waals surface area contributed by atoms with Crippen LogP contribution >= 0.6 is 0 Å². The zero-order chi connectivity index (χ0) is 13.7. The normalized spacial score (nSPS) is 10.2. The SMILES string of the molecule is CCNc1cnccc1C(=O)NCc1ccc(C)o1. The van der Waals surface area contributed by atoms with Crippen molar-refractivity contribution in [3.63, 3.8) is 0 Å². The Morgan fingerprint density at radius 1 is 1.37 bits per heavy atom. The van der Waals surface area contributed by atoms with E-state index in [-0.39, 0.29) is 5.91 Å². The van der Waals surface area contributed by atoms with Crippen LogP contribution in [0.3, 0.4) is 0 Å². The highest BCUT2D eigenvalue weighted by Gasteiger charge is 2.11. The highest BCUT2D eigenvalue weighted by molar-refractivity contribution is 5.99. The lowest BCUT2D eigenvalue weighted by atomic mass is 10.2. The highest BCUT2D eigenvalue weighted by Crippen LogP contribution is 2.13. The summed E-state index contributed by atoms with van der Waals surface area (Å²) in [6.45, 7) is 4.96. The molecule has 5 nitrogen and oxygen atoms in total. The van der Waals surface area contributed by atoms with Gasteiger partial charge in [-0.25, -0.2) is 0 Å². The zero-order valence-electron chi connectivity index (χ0n) is 11.1. The number of pyridine rings is 1. The van der Waals surface area contributed by atoms with E-state index in [4.69, 9.17) is 4.42 Å². The summed E-state index contributed by atoms with van der Waals surface area (Å²) >= 11 is 0. The van der Waals surface area contributed by atoms with E-state index in [1.54, 1.807) is 18.5 Å². The van der Waals surface area contributed by atoms with Crippen LogP contribution in [0.25, 0.3) is 0 Å². The van der Waals surface area contributed by atoms with Gasteiger partial charge in [0.2, 0.25) is 0 Å². The molecule has 0 radical (unpaired) electrons. The van der Waals surface area contributed by atoms with Crippen LogP contribution in [-0.2, 0) is 6.54 Å². The third-order valence-electron chi connectivity index (χ3n) is 2.65. The van der Waals surface area contributed by atoms with Crippen molar-refractivity contribution >= 4 is 11.6 Å². The fraction of sp³-hybridized carbons (Fsp3) is 0.286. The fourth-order valence-electron chi connectivity index (χ4n) is 1.77.